The minimum Gasteiger partial charge on any atom is -0.453 e. The predicted molar refractivity (Wildman–Crippen MR) is 229 cm³/mol. The van der Waals surface area contributed by atoms with E-state index in [2.05, 4.69) is 39.1 Å². The molecule has 4 heterocycles. The van der Waals surface area contributed by atoms with Crippen molar-refractivity contribution in [1.82, 2.24) is 34.9 Å². The van der Waals surface area contributed by atoms with Gasteiger partial charge in [0.15, 0.2) is 0 Å². The van der Waals surface area contributed by atoms with E-state index in [1.807, 2.05) is 11.8 Å². The molecule has 18 heteroatoms. The summed E-state index contributed by atoms with van der Waals surface area (Å²) in [4.78, 5) is 67.9. The Labute approximate surface area is 366 Å². The van der Waals surface area contributed by atoms with Gasteiger partial charge < -0.3 is 44.5 Å². The van der Waals surface area contributed by atoms with E-state index in [4.69, 9.17) is 14.5 Å². The monoisotopic (exact) mass is 880 g/mol. The van der Waals surface area contributed by atoms with Gasteiger partial charge in [-0.05, 0) is 55.2 Å². The summed E-state index contributed by atoms with van der Waals surface area (Å²) in [6.07, 6.45) is 0.877. The molecule has 2 aromatic carbocycles. The van der Waals surface area contributed by atoms with Crippen LogP contribution < -0.4 is 15.4 Å². The minimum absolute atomic E-state index is 0.0757. The van der Waals surface area contributed by atoms with Crippen LogP contribution in [0.4, 0.5) is 28.4 Å². The number of aromatic nitrogens is 2. The number of halogens is 3. The van der Waals surface area contributed by atoms with Gasteiger partial charge in [0.2, 0.25) is 11.8 Å². The number of piperidine rings is 1. The normalized spacial score (nSPS) is 22.3. The molecule has 1 unspecified atom stereocenters. The zero-order valence-corrected chi connectivity index (χ0v) is 36.6. The van der Waals surface area contributed by atoms with E-state index in [0.29, 0.717) is 74.6 Å². The highest BCUT2D eigenvalue weighted by molar-refractivity contribution is 5.90. The first-order valence-electron chi connectivity index (χ1n) is 21.9. The average molecular weight is 881 g/mol. The molecular weight excluding hydrogens is 822 g/mol. The van der Waals surface area contributed by atoms with Crippen LogP contribution in [0.2, 0.25) is 0 Å². The fraction of sp³-hybridized carbons (Fsp3) is 0.578. The number of nitrogens with one attached hydrogen (secondary N) is 3. The van der Waals surface area contributed by atoms with Crippen molar-refractivity contribution in [1.29, 1.82) is 0 Å². The number of piperazine rings is 1. The first kappa shape index (κ1) is 45.7. The van der Waals surface area contributed by atoms with Crippen LogP contribution in [0.5, 0.6) is 5.75 Å². The van der Waals surface area contributed by atoms with Gasteiger partial charge in [0, 0.05) is 100 Å². The molecule has 0 spiro atoms. The number of benzene rings is 2. The van der Waals surface area contributed by atoms with Crippen molar-refractivity contribution in [2.45, 2.75) is 96.3 Å². The van der Waals surface area contributed by atoms with Gasteiger partial charge >= 0.3 is 18.5 Å². The number of hydrogen-bond acceptors (Lipinski definition) is 9. The second-order valence-corrected chi connectivity index (χ2v) is 17.7. The third-order valence-electron chi connectivity index (χ3n) is 13.3. The number of nitrogens with zero attached hydrogens (tertiary/aromatic N) is 5. The fourth-order valence-corrected chi connectivity index (χ4v) is 9.43. The summed E-state index contributed by atoms with van der Waals surface area (Å²) in [7, 11) is 2.81. The number of anilines is 1. The lowest BCUT2D eigenvalue weighted by molar-refractivity contribution is -0.274. The molecule has 3 saturated heterocycles. The van der Waals surface area contributed by atoms with Crippen LogP contribution in [0, 0.1) is 11.3 Å². The number of carbonyl (C=O) groups is 4. The van der Waals surface area contributed by atoms with E-state index in [-0.39, 0.29) is 46.5 Å². The molecule has 3 aromatic rings. The number of likely N-dealkylation sites (tertiary alicyclic amines) is 2. The van der Waals surface area contributed by atoms with Gasteiger partial charge in [-0.1, -0.05) is 51.5 Å². The third-order valence-corrected chi connectivity index (χ3v) is 13.3. The van der Waals surface area contributed by atoms with Crippen molar-refractivity contribution < 1.29 is 46.6 Å². The van der Waals surface area contributed by atoms with E-state index in [9.17, 15) is 32.3 Å². The van der Waals surface area contributed by atoms with Gasteiger partial charge in [-0.15, -0.1) is 13.2 Å². The van der Waals surface area contributed by atoms with E-state index in [0.717, 1.165) is 38.8 Å². The molecule has 4 atom stereocenters. The number of carbonyl (C=O) groups excluding carboxylic acids is 4. The summed E-state index contributed by atoms with van der Waals surface area (Å²) in [6.45, 7) is 10.6. The zero-order valence-electron chi connectivity index (χ0n) is 36.6. The number of rotatable bonds is 12. The lowest BCUT2D eigenvalue weighted by Gasteiger charge is -2.48. The van der Waals surface area contributed by atoms with Crippen molar-refractivity contribution in [2.75, 3.05) is 65.3 Å². The molecule has 4 aliphatic rings. The molecule has 0 bridgehead atoms. The molecular formula is C45H59F3N8O7. The second-order valence-electron chi connectivity index (χ2n) is 17.7. The van der Waals surface area contributed by atoms with Gasteiger partial charge in [0.25, 0.3) is 0 Å². The lowest BCUT2D eigenvalue weighted by atomic mass is 9.62. The summed E-state index contributed by atoms with van der Waals surface area (Å²) in [5.41, 5.74) is 2.09. The summed E-state index contributed by atoms with van der Waals surface area (Å²) in [5.74, 6) is 0.163. The van der Waals surface area contributed by atoms with E-state index in [1.165, 1.54) is 19.2 Å². The molecule has 5 amide bonds. The van der Waals surface area contributed by atoms with Gasteiger partial charge in [0.05, 0.1) is 24.9 Å². The van der Waals surface area contributed by atoms with Crippen LogP contribution in [0.1, 0.15) is 77.6 Å². The minimum atomic E-state index is -4.99. The highest BCUT2D eigenvalue weighted by Crippen LogP contribution is 2.47. The molecule has 63 heavy (non-hydrogen) atoms. The van der Waals surface area contributed by atoms with E-state index < -0.39 is 36.3 Å². The summed E-state index contributed by atoms with van der Waals surface area (Å²) < 4.78 is 56.1. The van der Waals surface area contributed by atoms with E-state index >= 15 is 0 Å². The Morgan fingerprint density at radius 1 is 0.937 bits per heavy atom. The molecule has 4 fully saturated rings. The Hall–Kier alpha value is -5.36. The van der Waals surface area contributed by atoms with Crippen LogP contribution >= 0.6 is 0 Å². The first-order chi connectivity index (χ1) is 30.1. The molecule has 7 rings (SSSR count). The average Bonchev–Trinajstić information content (AvgIpc) is 3.94. The van der Waals surface area contributed by atoms with Crippen LogP contribution in [0.15, 0.2) is 48.7 Å². The number of imidazole rings is 1. The number of amides is 5. The van der Waals surface area contributed by atoms with Crippen LogP contribution in [0.25, 0.3) is 22.4 Å². The molecule has 1 aromatic heterocycles. The summed E-state index contributed by atoms with van der Waals surface area (Å²) in [6, 6.07) is 9.65. The first-order valence-corrected chi connectivity index (χ1v) is 21.9. The maximum atomic E-state index is 13.7. The Morgan fingerprint density at radius 3 is 2.24 bits per heavy atom. The third kappa shape index (κ3) is 10.5. The lowest BCUT2D eigenvalue weighted by Crippen LogP contribution is -2.57. The Kier molecular flexibility index (Phi) is 13.9. The van der Waals surface area contributed by atoms with Gasteiger partial charge in [0.1, 0.15) is 17.6 Å². The SMILES string of the molecule is CCC[C@H](NC(=O)OC)C(=O)N1C[C@@H](OC)C[C@H]1c1nc(-c2ccc(-c3ccc(NC(=O)N4CCC(N5CCN(C(=O)C6CCC6(C)C)CC5)CC4)cc3OC(F)(F)F)cc2)c[nH]1. The van der Waals surface area contributed by atoms with Gasteiger partial charge in [-0.3, -0.25) is 14.5 Å². The molecule has 0 radical (unpaired) electrons. The molecule has 3 aliphatic heterocycles. The maximum Gasteiger partial charge on any atom is 0.573 e. The van der Waals surface area contributed by atoms with Gasteiger partial charge in [-0.2, -0.15) is 0 Å². The predicted octanol–water partition coefficient (Wildman–Crippen LogP) is 7.03. The highest BCUT2D eigenvalue weighted by atomic mass is 19.4. The van der Waals surface area contributed by atoms with Crippen LogP contribution in [-0.2, 0) is 19.1 Å². The fourth-order valence-electron chi connectivity index (χ4n) is 9.43. The Balaban J connectivity index is 0.972. The second kappa shape index (κ2) is 19.2. The smallest absolute Gasteiger partial charge is 0.453 e. The summed E-state index contributed by atoms with van der Waals surface area (Å²) in [5, 5.41) is 5.40. The molecule has 342 valence electrons. The van der Waals surface area contributed by atoms with E-state index in [1.54, 1.807) is 53.4 Å². The molecule has 1 aliphatic carbocycles. The zero-order chi connectivity index (χ0) is 45.1. The maximum absolute atomic E-state index is 13.7. The van der Waals surface area contributed by atoms with Crippen molar-refractivity contribution in [3.8, 4) is 28.1 Å². The summed E-state index contributed by atoms with van der Waals surface area (Å²) >= 11 is 0. The quantitative estimate of drug-likeness (QED) is 0.174. The van der Waals surface area contributed by atoms with Crippen molar-refractivity contribution >= 4 is 29.6 Å². The van der Waals surface area contributed by atoms with Crippen molar-refractivity contribution in [3.05, 3.63) is 54.5 Å². The number of H-pyrrole nitrogens is 1. The molecule has 15 nitrogen and oxygen atoms in total. The number of urea groups is 1. The standard InChI is InChI=1S/C45H59F3N8O7/c1-6-7-35(52-43(60)62-5)41(58)56-27-32(61-4)25-37(56)39-49-26-36(51-39)29-10-8-28(9-11-29)33-13-12-30(24-38(33)63-45(46,47)48)50-42(59)55-18-15-31(16-19-55)53-20-22-54(23-21-53)40(57)34-14-17-44(34,2)3/h8-13,24,26,31-32,34-35,37H,6-7,14-23,25,27H2,1-5H3,(H,49,51)(H,50,59)(H,52,60)/t32-,34?,35-,37-/m0/s1. The Morgan fingerprint density at radius 2 is 1.63 bits per heavy atom. The van der Waals surface area contributed by atoms with Crippen LogP contribution in [-0.4, -0.2) is 138 Å². The number of ether oxygens (including phenoxy) is 3. The van der Waals surface area contributed by atoms with Crippen molar-refractivity contribution in [2.24, 2.45) is 11.3 Å². The van der Waals surface area contributed by atoms with Gasteiger partial charge in [-0.25, -0.2) is 14.6 Å². The number of methoxy groups -OCH3 is 2. The topological polar surface area (TPSA) is 162 Å². The number of alkyl carbamates (subject to hydrolysis) is 1. The number of hydrogen-bond donors (Lipinski definition) is 3. The number of aromatic amines is 1. The Bertz CT molecular complexity index is 2100. The molecule has 3 N–H and O–H groups in total. The number of alkyl halides is 3. The molecule has 1 saturated carbocycles. The van der Waals surface area contributed by atoms with Crippen molar-refractivity contribution in [3.63, 3.8) is 0 Å². The highest BCUT2D eigenvalue weighted by Gasteiger charge is 2.46. The van der Waals surface area contributed by atoms with Crippen LogP contribution in [0.3, 0.4) is 0 Å². The largest absolute Gasteiger partial charge is 0.573 e.